The molecule has 0 radical (unpaired) electrons. The zero-order chi connectivity index (χ0) is 12.5. The van der Waals surface area contributed by atoms with Gasteiger partial charge in [0.15, 0.2) is 0 Å². The van der Waals surface area contributed by atoms with Crippen LogP contribution in [0.3, 0.4) is 0 Å². The smallest absolute Gasteiger partial charge is 0.126 e. The van der Waals surface area contributed by atoms with Crippen LogP contribution in [0.1, 0.15) is 49.3 Å². The zero-order valence-electron chi connectivity index (χ0n) is 10.5. The Labute approximate surface area is 107 Å². The third-order valence-corrected chi connectivity index (χ3v) is 4.30. The molecule has 1 aromatic rings. The highest BCUT2D eigenvalue weighted by Crippen LogP contribution is 2.34. The molecule has 3 rings (SSSR count). The van der Waals surface area contributed by atoms with Crippen molar-refractivity contribution in [2.45, 2.75) is 56.7 Å². The van der Waals surface area contributed by atoms with Gasteiger partial charge in [-0.2, -0.15) is 0 Å². The normalized spacial score (nSPS) is 31.3. The molecule has 0 aromatic heterocycles. The van der Waals surface area contributed by atoms with E-state index in [1.807, 2.05) is 6.07 Å². The molecule has 0 amide bonds. The lowest BCUT2D eigenvalue weighted by atomic mass is 9.92. The Kier molecular flexibility index (Phi) is 3.35. The van der Waals surface area contributed by atoms with Gasteiger partial charge in [-0.3, -0.25) is 0 Å². The molecule has 0 aliphatic heterocycles. The van der Waals surface area contributed by atoms with Crippen molar-refractivity contribution in [2.75, 3.05) is 0 Å². The van der Waals surface area contributed by atoms with Crippen molar-refractivity contribution < 1.29 is 9.50 Å². The molecule has 3 heteroatoms. The third kappa shape index (κ3) is 2.29. The minimum atomic E-state index is -0.162. The minimum Gasteiger partial charge on any atom is -0.393 e. The number of aliphatic hydroxyl groups is 1. The van der Waals surface area contributed by atoms with Gasteiger partial charge in [-0.25, -0.2) is 4.39 Å². The summed E-state index contributed by atoms with van der Waals surface area (Å²) in [4.78, 5) is 0. The van der Waals surface area contributed by atoms with E-state index in [1.54, 1.807) is 12.1 Å². The molecule has 0 heterocycles. The van der Waals surface area contributed by atoms with Gasteiger partial charge in [-0.05, 0) is 55.7 Å². The van der Waals surface area contributed by atoms with Crippen LogP contribution in [0.25, 0.3) is 0 Å². The monoisotopic (exact) mass is 249 g/mol. The molecule has 3 unspecified atom stereocenters. The Morgan fingerprint density at radius 1 is 1.22 bits per heavy atom. The molecule has 3 atom stereocenters. The SMILES string of the molecule is OC1CCCC(NC2CCc3c(F)cccc32)C1. The number of halogens is 1. The maximum Gasteiger partial charge on any atom is 0.126 e. The van der Waals surface area contributed by atoms with E-state index >= 15 is 0 Å². The van der Waals surface area contributed by atoms with E-state index in [9.17, 15) is 9.50 Å². The first kappa shape index (κ1) is 12.1. The average Bonchev–Trinajstić information content (AvgIpc) is 2.74. The van der Waals surface area contributed by atoms with Gasteiger partial charge in [0.25, 0.3) is 0 Å². The third-order valence-electron chi connectivity index (χ3n) is 4.30. The van der Waals surface area contributed by atoms with Gasteiger partial charge in [-0.15, -0.1) is 0 Å². The summed E-state index contributed by atoms with van der Waals surface area (Å²) < 4.78 is 13.6. The van der Waals surface area contributed by atoms with Crippen LogP contribution in [-0.4, -0.2) is 17.3 Å². The van der Waals surface area contributed by atoms with Gasteiger partial charge in [-0.1, -0.05) is 12.1 Å². The molecule has 0 bridgehead atoms. The Morgan fingerprint density at radius 2 is 2.11 bits per heavy atom. The summed E-state index contributed by atoms with van der Waals surface area (Å²) in [5, 5.41) is 13.3. The van der Waals surface area contributed by atoms with Crippen LogP contribution in [0, 0.1) is 5.82 Å². The summed E-state index contributed by atoms with van der Waals surface area (Å²) in [6.45, 7) is 0. The first-order valence-corrected chi connectivity index (χ1v) is 6.95. The Bertz CT molecular complexity index is 435. The molecule has 1 aromatic carbocycles. The molecule has 1 fully saturated rings. The number of hydrogen-bond donors (Lipinski definition) is 2. The predicted molar refractivity (Wildman–Crippen MR) is 68.9 cm³/mol. The topological polar surface area (TPSA) is 32.3 Å². The first-order valence-electron chi connectivity index (χ1n) is 6.95. The maximum absolute atomic E-state index is 13.6. The molecule has 2 aliphatic rings. The lowest BCUT2D eigenvalue weighted by Crippen LogP contribution is -2.37. The quantitative estimate of drug-likeness (QED) is 0.844. The second kappa shape index (κ2) is 4.98. The molecule has 98 valence electrons. The van der Waals surface area contributed by atoms with E-state index in [2.05, 4.69) is 5.32 Å². The second-order valence-corrected chi connectivity index (χ2v) is 5.58. The van der Waals surface area contributed by atoms with E-state index in [0.717, 1.165) is 49.7 Å². The van der Waals surface area contributed by atoms with E-state index in [1.165, 1.54) is 0 Å². The molecule has 0 spiro atoms. The van der Waals surface area contributed by atoms with Crippen molar-refractivity contribution in [2.24, 2.45) is 0 Å². The lowest BCUT2D eigenvalue weighted by Gasteiger charge is -2.29. The summed E-state index contributed by atoms with van der Waals surface area (Å²) in [7, 11) is 0. The number of nitrogens with one attached hydrogen (secondary N) is 1. The molecule has 0 saturated heterocycles. The van der Waals surface area contributed by atoms with Gasteiger partial charge in [0, 0.05) is 12.1 Å². The molecule has 18 heavy (non-hydrogen) atoms. The van der Waals surface area contributed by atoms with Gasteiger partial charge in [0.1, 0.15) is 5.82 Å². The molecule has 2 N–H and O–H groups in total. The fraction of sp³-hybridized carbons (Fsp3) is 0.600. The second-order valence-electron chi connectivity index (χ2n) is 5.58. The van der Waals surface area contributed by atoms with Crippen LogP contribution in [0.2, 0.25) is 0 Å². The summed E-state index contributed by atoms with van der Waals surface area (Å²) in [6, 6.07) is 6.02. The summed E-state index contributed by atoms with van der Waals surface area (Å²) in [5.41, 5.74) is 2.00. The van der Waals surface area contributed by atoms with E-state index in [4.69, 9.17) is 0 Å². The number of hydrogen-bond acceptors (Lipinski definition) is 2. The molecule has 2 aliphatic carbocycles. The molecule has 2 nitrogen and oxygen atoms in total. The number of rotatable bonds is 2. The molecule has 1 saturated carbocycles. The first-order chi connectivity index (χ1) is 8.74. The van der Waals surface area contributed by atoms with Crippen LogP contribution < -0.4 is 5.32 Å². The van der Waals surface area contributed by atoms with Crippen molar-refractivity contribution in [3.8, 4) is 0 Å². The standard InChI is InChI=1S/C15H20FNO/c16-14-6-2-5-13-12(14)7-8-15(13)17-10-3-1-4-11(18)9-10/h2,5-6,10-11,15,17-18H,1,3-4,7-9H2. The van der Waals surface area contributed by atoms with Gasteiger partial charge < -0.3 is 10.4 Å². The summed E-state index contributed by atoms with van der Waals surface area (Å²) in [5.74, 6) is -0.0690. The Morgan fingerprint density at radius 3 is 2.94 bits per heavy atom. The Balaban J connectivity index is 1.71. The highest BCUT2D eigenvalue weighted by molar-refractivity contribution is 5.35. The fourth-order valence-corrected chi connectivity index (χ4v) is 3.38. The van der Waals surface area contributed by atoms with E-state index in [-0.39, 0.29) is 18.0 Å². The number of aliphatic hydroxyl groups excluding tert-OH is 1. The molecular weight excluding hydrogens is 229 g/mol. The summed E-state index contributed by atoms with van der Waals surface area (Å²) in [6.07, 6.45) is 5.61. The van der Waals surface area contributed by atoms with Gasteiger partial charge >= 0.3 is 0 Å². The average molecular weight is 249 g/mol. The van der Waals surface area contributed by atoms with Crippen LogP contribution in [0.15, 0.2) is 18.2 Å². The van der Waals surface area contributed by atoms with Crippen molar-refractivity contribution in [3.05, 3.63) is 35.1 Å². The van der Waals surface area contributed by atoms with Crippen molar-refractivity contribution in [3.63, 3.8) is 0 Å². The molecular formula is C15H20FNO. The highest BCUT2D eigenvalue weighted by atomic mass is 19.1. The van der Waals surface area contributed by atoms with E-state index < -0.39 is 0 Å². The van der Waals surface area contributed by atoms with Gasteiger partial charge in [0.05, 0.1) is 6.10 Å². The van der Waals surface area contributed by atoms with Gasteiger partial charge in [0.2, 0.25) is 0 Å². The van der Waals surface area contributed by atoms with Crippen molar-refractivity contribution >= 4 is 0 Å². The minimum absolute atomic E-state index is 0.0690. The highest BCUT2D eigenvalue weighted by Gasteiger charge is 2.28. The lowest BCUT2D eigenvalue weighted by molar-refractivity contribution is 0.108. The summed E-state index contributed by atoms with van der Waals surface area (Å²) >= 11 is 0. The number of fused-ring (bicyclic) bond motifs is 1. The fourth-order valence-electron chi connectivity index (χ4n) is 3.38. The number of benzene rings is 1. The van der Waals surface area contributed by atoms with E-state index in [0.29, 0.717) is 6.04 Å². The Hall–Kier alpha value is -0.930. The van der Waals surface area contributed by atoms with Crippen LogP contribution in [0.5, 0.6) is 0 Å². The largest absolute Gasteiger partial charge is 0.393 e. The van der Waals surface area contributed by atoms with Crippen molar-refractivity contribution in [1.82, 2.24) is 5.32 Å². The van der Waals surface area contributed by atoms with Crippen molar-refractivity contribution in [1.29, 1.82) is 0 Å². The predicted octanol–water partition coefficient (Wildman–Crippen LogP) is 2.71. The maximum atomic E-state index is 13.6. The van der Waals surface area contributed by atoms with Crippen LogP contribution >= 0.6 is 0 Å². The zero-order valence-corrected chi connectivity index (χ0v) is 10.5. The van der Waals surface area contributed by atoms with Crippen LogP contribution in [-0.2, 0) is 6.42 Å². The van der Waals surface area contributed by atoms with Crippen LogP contribution in [0.4, 0.5) is 4.39 Å².